The highest BCUT2D eigenvalue weighted by Crippen LogP contribution is 2.39. The number of likely N-dealkylation sites (tertiary alicyclic amines) is 2. The van der Waals surface area contributed by atoms with E-state index in [9.17, 15) is 9.90 Å². The van der Waals surface area contributed by atoms with Crippen molar-refractivity contribution in [3.05, 3.63) is 52.7 Å². The molecule has 2 fully saturated rings. The van der Waals surface area contributed by atoms with Crippen molar-refractivity contribution in [1.82, 2.24) is 14.8 Å². The summed E-state index contributed by atoms with van der Waals surface area (Å²) in [5.41, 5.74) is 2.83. The zero-order chi connectivity index (χ0) is 19.8. The molecule has 1 spiro atoms. The molecule has 6 nitrogen and oxygen atoms in total. The Balaban J connectivity index is 1.32. The molecule has 0 saturated carbocycles. The number of nitrogens with zero attached hydrogens (tertiary/aromatic N) is 3. The third-order valence-corrected chi connectivity index (χ3v) is 6.95. The Kier molecular flexibility index (Phi) is 4.89. The number of aromatic nitrogens is 1. The van der Waals surface area contributed by atoms with Crippen LogP contribution in [-0.2, 0) is 6.54 Å². The van der Waals surface area contributed by atoms with Gasteiger partial charge in [-0.1, -0.05) is 18.2 Å². The molecule has 2 aliphatic heterocycles. The number of piperidine rings is 2. The van der Waals surface area contributed by atoms with Gasteiger partial charge in [0.15, 0.2) is 0 Å². The molecule has 1 amide bonds. The number of hydrogen-bond donors (Lipinski definition) is 1. The van der Waals surface area contributed by atoms with Gasteiger partial charge in [0, 0.05) is 42.4 Å². The maximum absolute atomic E-state index is 12.8. The summed E-state index contributed by atoms with van der Waals surface area (Å²) in [4.78, 5) is 21.2. The molecule has 5 rings (SSSR count). The number of carbonyl (C=O) groups excluding carboxylic acids is 1. The number of thiazole rings is 1. The number of hydrogen-bond acceptors (Lipinski definition) is 6. The Bertz CT molecular complexity index is 969. The van der Waals surface area contributed by atoms with Crippen molar-refractivity contribution in [3.63, 3.8) is 0 Å². The zero-order valence-corrected chi connectivity index (χ0v) is 17.1. The Hall–Kier alpha value is -2.22. The first-order valence-electron chi connectivity index (χ1n) is 10.2. The van der Waals surface area contributed by atoms with Gasteiger partial charge in [0.2, 0.25) is 0 Å². The van der Waals surface area contributed by atoms with Crippen molar-refractivity contribution in [2.45, 2.75) is 31.9 Å². The number of carbonyl (C=O) groups is 1. The van der Waals surface area contributed by atoms with Crippen molar-refractivity contribution in [1.29, 1.82) is 0 Å². The van der Waals surface area contributed by atoms with Crippen molar-refractivity contribution < 1.29 is 14.3 Å². The second-order valence-electron chi connectivity index (χ2n) is 8.33. The van der Waals surface area contributed by atoms with Crippen LogP contribution in [-0.4, -0.2) is 58.1 Å². The van der Waals surface area contributed by atoms with Gasteiger partial charge in [-0.3, -0.25) is 9.69 Å². The predicted molar refractivity (Wildman–Crippen MR) is 112 cm³/mol. The Labute approximate surface area is 173 Å². The standard InChI is InChI=1S/C22H25N3O3S/c26-20-6-9-24(11-17-10-16-4-1-2-5-19(16)28-17)13-22(20)7-3-8-25(14-22)21(27)18-12-29-15-23-18/h1-2,4-5,10,12,15,20,26H,3,6-9,11,13-14H2/t20-,22-/m1/s1. The first-order chi connectivity index (χ1) is 14.1. The average Bonchev–Trinajstić information content (AvgIpc) is 3.40. The van der Waals surface area contributed by atoms with Gasteiger partial charge in [0.1, 0.15) is 17.0 Å². The summed E-state index contributed by atoms with van der Waals surface area (Å²) in [6.07, 6.45) is 2.18. The average molecular weight is 412 g/mol. The highest BCUT2D eigenvalue weighted by atomic mass is 32.1. The van der Waals surface area contributed by atoms with Crippen molar-refractivity contribution in [2.24, 2.45) is 5.41 Å². The number of rotatable bonds is 3. The summed E-state index contributed by atoms with van der Waals surface area (Å²) < 4.78 is 6.01. The largest absolute Gasteiger partial charge is 0.460 e. The van der Waals surface area contributed by atoms with Crippen LogP contribution in [0.3, 0.4) is 0 Å². The number of benzene rings is 1. The lowest BCUT2D eigenvalue weighted by molar-refractivity contribution is -0.0815. The van der Waals surface area contributed by atoms with E-state index in [0.717, 1.165) is 62.2 Å². The van der Waals surface area contributed by atoms with Crippen LogP contribution in [0.25, 0.3) is 11.0 Å². The zero-order valence-electron chi connectivity index (χ0n) is 16.3. The number of aliphatic hydroxyl groups is 1. The Morgan fingerprint density at radius 1 is 1.31 bits per heavy atom. The van der Waals surface area contributed by atoms with E-state index in [4.69, 9.17) is 4.42 Å². The van der Waals surface area contributed by atoms with E-state index >= 15 is 0 Å². The van der Waals surface area contributed by atoms with E-state index in [-0.39, 0.29) is 17.4 Å². The first kappa shape index (κ1) is 18.8. The number of aliphatic hydroxyl groups excluding tert-OH is 1. The fraction of sp³-hybridized carbons (Fsp3) is 0.455. The van der Waals surface area contributed by atoms with E-state index in [2.05, 4.69) is 22.0 Å². The molecule has 3 aromatic rings. The Morgan fingerprint density at radius 2 is 2.21 bits per heavy atom. The van der Waals surface area contributed by atoms with Crippen LogP contribution in [0.4, 0.5) is 0 Å². The lowest BCUT2D eigenvalue weighted by Gasteiger charge is -2.50. The van der Waals surface area contributed by atoms with Gasteiger partial charge in [0.05, 0.1) is 18.2 Å². The number of para-hydroxylation sites is 1. The topological polar surface area (TPSA) is 69.8 Å². The summed E-state index contributed by atoms with van der Waals surface area (Å²) in [6.45, 7) is 3.64. The van der Waals surface area contributed by atoms with Gasteiger partial charge in [-0.25, -0.2) is 4.98 Å². The second kappa shape index (κ2) is 7.55. The summed E-state index contributed by atoms with van der Waals surface area (Å²) in [5.74, 6) is 0.927. The monoisotopic (exact) mass is 411 g/mol. The van der Waals surface area contributed by atoms with Crippen LogP contribution in [0.5, 0.6) is 0 Å². The minimum Gasteiger partial charge on any atom is -0.460 e. The molecule has 0 aliphatic carbocycles. The van der Waals surface area contributed by atoms with E-state index in [1.54, 1.807) is 10.9 Å². The van der Waals surface area contributed by atoms with Crippen LogP contribution < -0.4 is 0 Å². The van der Waals surface area contributed by atoms with Crippen LogP contribution in [0.1, 0.15) is 35.5 Å². The quantitative estimate of drug-likeness (QED) is 0.716. The molecular weight excluding hydrogens is 386 g/mol. The number of amides is 1. The highest BCUT2D eigenvalue weighted by molar-refractivity contribution is 7.07. The van der Waals surface area contributed by atoms with Crippen LogP contribution in [0.2, 0.25) is 0 Å². The molecule has 1 aromatic carbocycles. The molecule has 2 aromatic heterocycles. The van der Waals surface area contributed by atoms with E-state index in [0.29, 0.717) is 12.2 Å². The smallest absolute Gasteiger partial charge is 0.273 e. The third kappa shape index (κ3) is 3.58. The summed E-state index contributed by atoms with van der Waals surface area (Å²) in [7, 11) is 0. The number of furan rings is 1. The molecule has 2 saturated heterocycles. The van der Waals surface area contributed by atoms with Gasteiger partial charge < -0.3 is 14.4 Å². The molecule has 2 atom stereocenters. The minimum atomic E-state index is -0.388. The van der Waals surface area contributed by atoms with Crippen molar-refractivity contribution in [2.75, 3.05) is 26.2 Å². The SMILES string of the molecule is O=C(c1cscn1)N1CCC[C@@]2(CN(Cc3cc4ccccc4o3)CC[C@H]2O)C1. The maximum atomic E-state index is 12.8. The van der Waals surface area contributed by atoms with Gasteiger partial charge >= 0.3 is 0 Å². The molecule has 29 heavy (non-hydrogen) atoms. The first-order valence-corrected chi connectivity index (χ1v) is 11.1. The van der Waals surface area contributed by atoms with Gasteiger partial charge in [0.25, 0.3) is 5.91 Å². The van der Waals surface area contributed by atoms with Gasteiger partial charge in [-0.05, 0) is 31.4 Å². The van der Waals surface area contributed by atoms with Crippen molar-refractivity contribution in [3.8, 4) is 0 Å². The highest BCUT2D eigenvalue weighted by Gasteiger charge is 2.46. The van der Waals surface area contributed by atoms with E-state index in [1.165, 1.54) is 11.3 Å². The lowest BCUT2D eigenvalue weighted by atomic mass is 9.71. The number of fused-ring (bicyclic) bond motifs is 1. The lowest BCUT2D eigenvalue weighted by Crippen LogP contribution is -2.59. The van der Waals surface area contributed by atoms with Crippen LogP contribution in [0.15, 0.2) is 45.6 Å². The molecule has 0 unspecified atom stereocenters. The van der Waals surface area contributed by atoms with Crippen LogP contribution >= 0.6 is 11.3 Å². The molecule has 152 valence electrons. The molecule has 1 N–H and O–H groups in total. The minimum absolute atomic E-state index is 0.0214. The van der Waals surface area contributed by atoms with Crippen LogP contribution in [0, 0.1) is 5.41 Å². The molecule has 4 heterocycles. The molecule has 7 heteroatoms. The summed E-state index contributed by atoms with van der Waals surface area (Å²) in [6, 6.07) is 10.2. The fourth-order valence-corrected chi connectivity index (χ4v) is 5.45. The molecule has 0 bridgehead atoms. The fourth-order valence-electron chi connectivity index (χ4n) is 4.93. The molecule has 0 radical (unpaired) electrons. The Morgan fingerprint density at radius 3 is 3.03 bits per heavy atom. The van der Waals surface area contributed by atoms with E-state index < -0.39 is 0 Å². The normalized spacial score (nSPS) is 25.7. The van der Waals surface area contributed by atoms with E-state index in [1.807, 2.05) is 23.1 Å². The summed E-state index contributed by atoms with van der Waals surface area (Å²) in [5, 5.41) is 13.8. The molecule has 2 aliphatic rings. The second-order valence-corrected chi connectivity index (χ2v) is 9.05. The summed E-state index contributed by atoms with van der Waals surface area (Å²) >= 11 is 1.44. The van der Waals surface area contributed by atoms with Gasteiger partial charge in [-0.2, -0.15) is 0 Å². The maximum Gasteiger partial charge on any atom is 0.273 e. The molecular formula is C22H25N3O3S. The predicted octanol–water partition coefficient (Wildman–Crippen LogP) is 3.38. The third-order valence-electron chi connectivity index (χ3n) is 6.37. The van der Waals surface area contributed by atoms with Gasteiger partial charge in [-0.15, -0.1) is 11.3 Å². The van der Waals surface area contributed by atoms with Crippen molar-refractivity contribution >= 4 is 28.2 Å².